The molecule has 0 aliphatic carbocycles. The third kappa shape index (κ3) is 5.64. The Balaban J connectivity index is 0.00000288. The van der Waals surface area contributed by atoms with E-state index in [1.165, 1.54) is 0 Å². The molecule has 3 N–H and O–H groups in total. The third-order valence-electron chi connectivity index (χ3n) is 3.75. The van der Waals surface area contributed by atoms with Crippen LogP contribution < -0.4 is 11.1 Å². The van der Waals surface area contributed by atoms with Crippen molar-refractivity contribution >= 4 is 18.3 Å². The molecule has 24 heavy (non-hydrogen) atoms. The average molecular weight is 349 g/mol. The van der Waals surface area contributed by atoms with Crippen molar-refractivity contribution in [1.29, 1.82) is 0 Å². The van der Waals surface area contributed by atoms with Crippen molar-refractivity contribution in [1.82, 2.24) is 5.32 Å². The second-order valence-corrected chi connectivity index (χ2v) is 5.51. The Kier molecular flexibility index (Phi) is 8.47. The minimum absolute atomic E-state index is 0. The van der Waals surface area contributed by atoms with Crippen LogP contribution in [0.3, 0.4) is 0 Å². The lowest BCUT2D eigenvalue weighted by molar-refractivity contribution is -0.122. The molecule has 0 heterocycles. The van der Waals surface area contributed by atoms with E-state index in [2.05, 4.69) is 5.32 Å². The molecule has 1 amide bonds. The van der Waals surface area contributed by atoms with E-state index in [0.717, 1.165) is 22.3 Å². The fourth-order valence-electron chi connectivity index (χ4n) is 2.30. The minimum atomic E-state index is -0.658. The van der Waals surface area contributed by atoms with Crippen molar-refractivity contribution in [2.24, 2.45) is 5.73 Å². The minimum Gasteiger partial charge on any atom is -0.377 e. The number of nitrogens with two attached hydrogens (primary N) is 1. The summed E-state index contributed by atoms with van der Waals surface area (Å²) in [5.41, 5.74) is 10.1. The van der Waals surface area contributed by atoms with Gasteiger partial charge in [0.25, 0.3) is 0 Å². The molecular formula is C19H25ClN2O2. The smallest absolute Gasteiger partial charge is 0.241 e. The largest absolute Gasteiger partial charge is 0.377 e. The lowest BCUT2D eigenvalue weighted by Crippen LogP contribution is -2.33. The van der Waals surface area contributed by atoms with Crippen LogP contribution in [-0.2, 0) is 22.7 Å². The van der Waals surface area contributed by atoms with Crippen molar-refractivity contribution in [2.75, 3.05) is 6.61 Å². The van der Waals surface area contributed by atoms with Crippen LogP contribution in [0.1, 0.15) is 35.2 Å². The summed E-state index contributed by atoms with van der Waals surface area (Å²) in [6.45, 7) is 5.63. The molecule has 5 heteroatoms. The van der Waals surface area contributed by atoms with Gasteiger partial charge in [0, 0.05) is 13.2 Å². The standard InChI is InChI=1S/C19H24N2O2.ClH/c1-3-23-13-17-7-5-4-6-16(17)12-21-19(22)18(20)15-10-8-14(2)9-11-15;/h4-11,18H,3,12-13,20H2,1-2H3,(H,21,22);1H. The number of hydrogen-bond acceptors (Lipinski definition) is 3. The monoisotopic (exact) mass is 348 g/mol. The van der Waals surface area contributed by atoms with Crippen LogP contribution in [0.2, 0.25) is 0 Å². The van der Waals surface area contributed by atoms with Gasteiger partial charge in [-0.05, 0) is 30.5 Å². The van der Waals surface area contributed by atoms with Gasteiger partial charge in [0.2, 0.25) is 5.91 Å². The molecule has 0 radical (unpaired) electrons. The third-order valence-corrected chi connectivity index (χ3v) is 3.75. The van der Waals surface area contributed by atoms with Gasteiger partial charge in [-0.3, -0.25) is 4.79 Å². The highest BCUT2D eigenvalue weighted by Crippen LogP contribution is 2.13. The molecule has 2 rings (SSSR count). The van der Waals surface area contributed by atoms with E-state index in [9.17, 15) is 4.79 Å². The van der Waals surface area contributed by atoms with Crippen LogP contribution in [-0.4, -0.2) is 12.5 Å². The number of halogens is 1. The Hall–Kier alpha value is -1.88. The lowest BCUT2D eigenvalue weighted by atomic mass is 10.0. The van der Waals surface area contributed by atoms with Gasteiger partial charge in [0.05, 0.1) is 6.61 Å². The molecule has 0 aromatic heterocycles. The molecule has 1 unspecified atom stereocenters. The van der Waals surface area contributed by atoms with E-state index >= 15 is 0 Å². The summed E-state index contributed by atoms with van der Waals surface area (Å²) < 4.78 is 5.46. The fraction of sp³-hybridized carbons (Fsp3) is 0.316. The summed E-state index contributed by atoms with van der Waals surface area (Å²) in [6.07, 6.45) is 0. The van der Waals surface area contributed by atoms with E-state index in [-0.39, 0.29) is 18.3 Å². The summed E-state index contributed by atoms with van der Waals surface area (Å²) in [7, 11) is 0. The van der Waals surface area contributed by atoms with E-state index in [4.69, 9.17) is 10.5 Å². The molecule has 0 fully saturated rings. The summed E-state index contributed by atoms with van der Waals surface area (Å²) in [5, 5.41) is 2.91. The molecule has 0 spiro atoms. The van der Waals surface area contributed by atoms with Crippen LogP contribution in [0, 0.1) is 6.92 Å². The number of aryl methyl sites for hydroxylation is 1. The van der Waals surface area contributed by atoms with Gasteiger partial charge in [-0.1, -0.05) is 54.1 Å². The molecular weight excluding hydrogens is 324 g/mol. The second kappa shape index (κ2) is 10.1. The van der Waals surface area contributed by atoms with Crippen molar-refractivity contribution in [3.63, 3.8) is 0 Å². The molecule has 2 aromatic carbocycles. The van der Waals surface area contributed by atoms with Gasteiger partial charge >= 0.3 is 0 Å². The first-order valence-electron chi connectivity index (χ1n) is 7.86. The zero-order valence-corrected chi connectivity index (χ0v) is 14.9. The number of benzene rings is 2. The quantitative estimate of drug-likeness (QED) is 0.807. The normalized spacial score (nSPS) is 11.5. The number of hydrogen-bond donors (Lipinski definition) is 2. The highest BCUT2D eigenvalue weighted by atomic mass is 35.5. The van der Waals surface area contributed by atoms with E-state index in [0.29, 0.717) is 19.8 Å². The Morgan fingerprint density at radius 3 is 2.38 bits per heavy atom. The Bertz CT molecular complexity index is 644. The maximum absolute atomic E-state index is 12.3. The molecule has 4 nitrogen and oxygen atoms in total. The number of nitrogens with one attached hydrogen (secondary N) is 1. The van der Waals surface area contributed by atoms with E-state index in [1.807, 2.05) is 62.4 Å². The zero-order chi connectivity index (χ0) is 16.7. The summed E-state index contributed by atoms with van der Waals surface area (Å²) in [6, 6.07) is 15.0. The SMILES string of the molecule is CCOCc1ccccc1CNC(=O)C(N)c1ccc(C)cc1.Cl. The van der Waals surface area contributed by atoms with Crippen LogP contribution in [0.15, 0.2) is 48.5 Å². The van der Waals surface area contributed by atoms with Crippen molar-refractivity contribution in [3.05, 3.63) is 70.8 Å². The number of carbonyl (C=O) groups is 1. The number of amides is 1. The van der Waals surface area contributed by atoms with Crippen LogP contribution >= 0.6 is 12.4 Å². The average Bonchev–Trinajstić information content (AvgIpc) is 2.58. The van der Waals surface area contributed by atoms with Gasteiger partial charge in [0.1, 0.15) is 6.04 Å². The fourth-order valence-corrected chi connectivity index (χ4v) is 2.30. The maximum Gasteiger partial charge on any atom is 0.241 e. The highest BCUT2D eigenvalue weighted by molar-refractivity contribution is 5.85. The maximum atomic E-state index is 12.3. The number of ether oxygens (including phenoxy) is 1. The van der Waals surface area contributed by atoms with Crippen molar-refractivity contribution in [2.45, 2.75) is 33.0 Å². The lowest BCUT2D eigenvalue weighted by Gasteiger charge is -2.14. The van der Waals surface area contributed by atoms with Crippen molar-refractivity contribution < 1.29 is 9.53 Å². The van der Waals surface area contributed by atoms with Crippen LogP contribution in [0.25, 0.3) is 0 Å². The predicted molar refractivity (Wildman–Crippen MR) is 99.0 cm³/mol. The number of rotatable bonds is 7. The zero-order valence-electron chi connectivity index (χ0n) is 14.1. The first-order valence-corrected chi connectivity index (χ1v) is 7.86. The Labute approximate surface area is 149 Å². The first kappa shape index (κ1) is 20.2. The highest BCUT2D eigenvalue weighted by Gasteiger charge is 2.15. The van der Waals surface area contributed by atoms with Gasteiger partial charge in [0.15, 0.2) is 0 Å². The van der Waals surface area contributed by atoms with Gasteiger partial charge < -0.3 is 15.8 Å². The van der Waals surface area contributed by atoms with Crippen LogP contribution in [0.5, 0.6) is 0 Å². The molecule has 2 aromatic rings. The van der Waals surface area contributed by atoms with E-state index < -0.39 is 6.04 Å². The Morgan fingerprint density at radius 2 is 1.75 bits per heavy atom. The van der Waals surface area contributed by atoms with Crippen molar-refractivity contribution in [3.8, 4) is 0 Å². The molecule has 0 aliphatic rings. The van der Waals surface area contributed by atoms with E-state index in [1.54, 1.807) is 0 Å². The molecule has 130 valence electrons. The molecule has 0 bridgehead atoms. The number of carbonyl (C=O) groups excluding carboxylic acids is 1. The van der Waals surface area contributed by atoms with Gasteiger partial charge in [-0.25, -0.2) is 0 Å². The predicted octanol–water partition coefficient (Wildman–Crippen LogP) is 3.27. The van der Waals surface area contributed by atoms with Gasteiger partial charge in [-0.2, -0.15) is 0 Å². The second-order valence-electron chi connectivity index (χ2n) is 5.51. The molecule has 1 atom stereocenters. The molecule has 0 saturated heterocycles. The van der Waals surface area contributed by atoms with Crippen LogP contribution in [0.4, 0.5) is 0 Å². The summed E-state index contributed by atoms with van der Waals surface area (Å²) >= 11 is 0. The Morgan fingerprint density at radius 1 is 1.12 bits per heavy atom. The summed E-state index contributed by atoms with van der Waals surface area (Å²) in [4.78, 5) is 12.3. The topological polar surface area (TPSA) is 64.3 Å². The van der Waals surface area contributed by atoms with Gasteiger partial charge in [-0.15, -0.1) is 12.4 Å². The first-order chi connectivity index (χ1) is 11.1. The summed E-state index contributed by atoms with van der Waals surface area (Å²) in [5.74, 6) is -0.180. The molecule has 0 aliphatic heterocycles. The molecule has 0 saturated carbocycles.